The van der Waals surface area contributed by atoms with Gasteiger partial charge in [0.1, 0.15) is 22.8 Å². The number of ether oxygens (including phenoxy) is 1. The first-order valence-corrected chi connectivity index (χ1v) is 10.4. The molecule has 4 rings (SSSR count). The standard InChI is InChI=1S/C22H24N8O3/c1-12(31)26-18-10-14(8-9-25-18)33-19-7-6-16-20(29-19)30(3)22(27-16)28-17(21(32)24-2)11-15(23)13-4-5-13/h6-11,13H,4-5,23H2,1-3H3,(H,24,32)(H,25,26,31)/b15-11-,28-17+. The Morgan fingerprint density at radius 1 is 1.27 bits per heavy atom. The van der Waals surface area contributed by atoms with Crippen LogP contribution in [0.5, 0.6) is 11.6 Å². The van der Waals surface area contributed by atoms with E-state index >= 15 is 0 Å². The van der Waals surface area contributed by atoms with Crippen LogP contribution in [0.25, 0.3) is 11.2 Å². The molecule has 33 heavy (non-hydrogen) atoms. The molecule has 0 saturated heterocycles. The Kier molecular flexibility index (Phi) is 6.03. The second-order valence-electron chi connectivity index (χ2n) is 7.62. The van der Waals surface area contributed by atoms with Crippen LogP contribution in [0.2, 0.25) is 0 Å². The summed E-state index contributed by atoms with van der Waals surface area (Å²) in [7, 11) is 3.29. The molecular weight excluding hydrogens is 424 g/mol. The molecule has 1 saturated carbocycles. The summed E-state index contributed by atoms with van der Waals surface area (Å²) in [4.78, 5) is 41.1. The van der Waals surface area contributed by atoms with Gasteiger partial charge in [-0.1, -0.05) is 0 Å². The van der Waals surface area contributed by atoms with Crippen molar-refractivity contribution in [3.63, 3.8) is 0 Å². The third-order valence-corrected chi connectivity index (χ3v) is 4.96. The van der Waals surface area contributed by atoms with Crippen LogP contribution in [-0.4, -0.2) is 44.1 Å². The monoisotopic (exact) mass is 448 g/mol. The fourth-order valence-corrected chi connectivity index (χ4v) is 3.11. The van der Waals surface area contributed by atoms with Crippen molar-refractivity contribution < 1.29 is 14.3 Å². The minimum Gasteiger partial charge on any atom is -0.439 e. The number of nitrogens with one attached hydrogen (secondary N) is 2. The van der Waals surface area contributed by atoms with Crippen LogP contribution < -0.4 is 21.1 Å². The number of nitrogens with two attached hydrogens (primary N) is 1. The van der Waals surface area contributed by atoms with Gasteiger partial charge in [-0.2, -0.15) is 4.98 Å². The van der Waals surface area contributed by atoms with Gasteiger partial charge >= 0.3 is 0 Å². The van der Waals surface area contributed by atoms with Crippen LogP contribution in [0.15, 0.2) is 47.2 Å². The largest absolute Gasteiger partial charge is 0.439 e. The van der Waals surface area contributed by atoms with Crippen LogP contribution in [0, 0.1) is 5.92 Å². The fourth-order valence-electron chi connectivity index (χ4n) is 3.11. The van der Waals surface area contributed by atoms with E-state index in [1.807, 2.05) is 0 Å². The van der Waals surface area contributed by atoms with Crippen molar-refractivity contribution in [2.24, 2.45) is 23.7 Å². The summed E-state index contributed by atoms with van der Waals surface area (Å²) >= 11 is 0. The number of anilines is 1. The van der Waals surface area contributed by atoms with E-state index in [1.54, 1.807) is 42.0 Å². The first kappa shape index (κ1) is 21.9. The Labute approximate surface area is 189 Å². The van der Waals surface area contributed by atoms with Crippen molar-refractivity contribution in [1.82, 2.24) is 24.8 Å². The highest BCUT2D eigenvalue weighted by atomic mass is 16.5. The molecule has 0 spiro atoms. The Bertz CT molecular complexity index is 1290. The van der Waals surface area contributed by atoms with Crippen molar-refractivity contribution in [2.75, 3.05) is 12.4 Å². The van der Waals surface area contributed by atoms with E-state index in [9.17, 15) is 9.59 Å². The SMILES string of the molecule is CNC(=O)C(/C=C(\N)C1CC1)=N/c1nc2ccc(Oc3ccnc(NC(C)=O)c3)nc2n1C. The van der Waals surface area contributed by atoms with Crippen LogP contribution in [0.3, 0.4) is 0 Å². The summed E-state index contributed by atoms with van der Waals surface area (Å²) < 4.78 is 7.49. The first-order valence-electron chi connectivity index (χ1n) is 10.4. The van der Waals surface area contributed by atoms with Crippen LogP contribution in [0.1, 0.15) is 19.8 Å². The molecule has 0 radical (unpaired) electrons. The number of rotatable bonds is 7. The molecule has 11 nitrogen and oxygen atoms in total. The van der Waals surface area contributed by atoms with Gasteiger partial charge in [-0.05, 0) is 37.0 Å². The zero-order chi connectivity index (χ0) is 23.5. The van der Waals surface area contributed by atoms with E-state index < -0.39 is 0 Å². The van der Waals surface area contributed by atoms with Gasteiger partial charge in [0.15, 0.2) is 5.65 Å². The molecular formula is C22H24N8O3. The van der Waals surface area contributed by atoms with E-state index in [0.717, 1.165) is 12.8 Å². The third kappa shape index (κ3) is 5.14. The minimum atomic E-state index is -0.352. The van der Waals surface area contributed by atoms with Gasteiger partial charge in [0, 0.05) is 45.0 Å². The maximum Gasteiger partial charge on any atom is 0.269 e. The van der Waals surface area contributed by atoms with Gasteiger partial charge in [0.05, 0.1) is 0 Å². The number of nitrogens with zero attached hydrogens (tertiary/aromatic N) is 5. The molecule has 0 aromatic carbocycles. The van der Waals surface area contributed by atoms with Gasteiger partial charge in [0.2, 0.25) is 17.7 Å². The summed E-state index contributed by atoms with van der Waals surface area (Å²) in [6.07, 6.45) is 5.17. The number of aryl methyl sites for hydroxylation is 1. The summed E-state index contributed by atoms with van der Waals surface area (Å²) in [5, 5.41) is 5.19. The number of carbonyl (C=O) groups excluding carboxylic acids is 2. The number of fused-ring (bicyclic) bond motifs is 1. The van der Waals surface area contributed by atoms with Gasteiger partial charge in [-0.3, -0.25) is 14.2 Å². The first-order chi connectivity index (χ1) is 15.8. The zero-order valence-electron chi connectivity index (χ0n) is 18.5. The van der Waals surface area contributed by atoms with Crippen LogP contribution >= 0.6 is 0 Å². The van der Waals surface area contributed by atoms with E-state index in [0.29, 0.717) is 46.2 Å². The number of hydrogen-bond acceptors (Lipinski definition) is 8. The molecule has 1 aliphatic rings. The van der Waals surface area contributed by atoms with E-state index in [2.05, 4.69) is 30.6 Å². The molecule has 3 heterocycles. The maximum atomic E-state index is 12.3. The molecule has 3 aromatic heterocycles. The lowest BCUT2D eigenvalue weighted by atomic mass is 10.2. The van der Waals surface area contributed by atoms with Crippen LogP contribution in [-0.2, 0) is 16.6 Å². The Balaban J connectivity index is 1.64. The molecule has 0 aliphatic heterocycles. The normalized spacial score (nSPS) is 14.3. The molecule has 4 N–H and O–H groups in total. The summed E-state index contributed by atoms with van der Waals surface area (Å²) in [6, 6.07) is 6.67. The number of hydrogen-bond donors (Lipinski definition) is 3. The Morgan fingerprint density at radius 2 is 2.06 bits per heavy atom. The number of pyridine rings is 2. The lowest BCUT2D eigenvalue weighted by Gasteiger charge is -2.07. The maximum absolute atomic E-state index is 12.3. The Hall–Kier alpha value is -4.28. The quantitative estimate of drug-likeness (QED) is 0.469. The predicted molar refractivity (Wildman–Crippen MR) is 123 cm³/mol. The number of aliphatic imine (C=N–C) groups is 1. The highest BCUT2D eigenvalue weighted by Gasteiger charge is 2.25. The average Bonchev–Trinajstić information content (AvgIpc) is 3.59. The van der Waals surface area contributed by atoms with E-state index in [1.165, 1.54) is 20.2 Å². The molecule has 11 heteroatoms. The Morgan fingerprint density at radius 3 is 2.76 bits per heavy atom. The third-order valence-electron chi connectivity index (χ3n) is 4.96. The lowest BCUT2D eigenvalue weighted by molar-refractivity contribution is -0.115. The lowest BCUT2D eigenvalue weighted by Crippen LogP contribution is -2.27. The second kappa shape index (κ2) is 9.07. The van der Waals surface area contributed by atoms with Crippen molar-refractivity contribution in [2.45, 2.75) is 19.8 Å². The second-order valence-corrected chi connectivity index (χ2v) is 7.62. The molecule has 2 amide bonds. The van der Waals surface area contributed by atoms with Crippen LogP contribution in [0.4, 0.5) is 11.8 Å². The van der Waals surface area contributed by atoms with Gasteiger partial charge in [-0.25, -0.2) is 15.0 Å². The van der Waals surface area contributed by atoms with Crippen molar-refractivity contribution in [3.05, 3.63) is 42.2 Å². The summed E-state index contributed by atoms with van der Waals surface area (Å²) in [6.45, 7) is 1.40. The van der Waals surface area contributed by atoms with E-state index in [-0.39, 0.29) is 17.5 Å². The highest BCUT2D eigenvalue weighted by Crippen LogP contribution is 2.33. The number of allylic oxidation sites excluding steroid dienone is 1. The molecule has 1 fully saturated rings. The van der Waals surface area contributed by atoms with E-state index in [4.69, 9.17) is 10.5 Å². The fraction of sp³-hybridized carbons (Fsp3) is 0.273. The van der Waals surface area contributed by atoms with Gasteiger partial charge < -0.3 is 21.1 Å². The number of amides is 2. The predicted octanol–water partition coefficient (Wildman–Crippen LogP) is 2.19. The highest BCUT2D eigenvalue weighted by molar-refractivity contribution is 6.43. The van der Waals surface area contributed by atoms with Crippen molar-refractivity contribution >= 4 is 40.5 Å². The van der Waals surface area contributed by atoms with Crippen molar-refractivity contribution in [1.29, 1.82) is 0 Å². The minimum absolute atomic E-state index is 0.180. The zero-order valence-corrected chi connectivity index (χ0v) is 18.5. The van der Waals surface area contributed by atoms with Gasteiger partial charge in [0.25, 0.3) is 5.91 Å². The molecule has 0 bridgehead atoms. The smallest absolute Gasteiger partial charge is 0.269 e. The molecule has 170 valence electrons. The molecule has 3 aromatic rings. The number of imidazole rings is 1. The topological polar surface area (TPSA) is 149 Å². The number of aromatic nitrogens is 4. The average molecular weight is 448 g/mol. The summed E-state index contributed by atoms with van der Waals surface area (Å²) in [5.41, 5.74) is 8.02. The number of carbonyl (C=O) groups is 2. The molecule has 0 unspecified atom stereocenters. The summed E-state index contributed by atoms with van der Waals surface area (Å²) in [5.74, 6) is 1.20. The van der Waals surface area contributed by atoms with Gasteiger partial charge in [-0.15, -0.1) is 0 Å². The van der Waals surface area contributed by atoms with Crippen molar-refractivity contribution in [3.8, 4) is 11.6 Å². The molecule has 0 atom stereocenters. The molecule has 1 aliphatic carbocycles.